The van der Waals surface area contributed by atoms with Crippen LogP contribution in [0, 0.1) is 23.2 Å². The fourth-order valence-corrected chi connectivity index (χ4v) is 4.05. The maximum atomic E-state index is 11.0. The average Bonchev–Trinajstić information content (AvgIpc) is 2.37. The highest BCUT2D eigenvalue weighted by Crippen LogP contribution is 2.64. The lowest BCUT2D eigenvalue weighted by molar-refractivity contribution is -0.117. The van der Waals surface area contributed by atoms with E-state index >= 15 is 0 Å². The third kappa shape index (κ3) is 0.605. The van der Waals surface area contributed by atoms with E-state index in [0.717, 1.165) is 17.8 Å². The average molecular weight is 150 g/mol. The van der Waals surface area contributed by atoms with Gasteiger partial charge in [-0.05, 0) is 49.9 Å². The van der Waals surface area contributed by atoms with Crippen LogP contribution in [0.25, 0.3) is 0 Å². The first-order valence-electron chi connectivity index (χ1n) is 4.79. The van der Waals surface area contributed by atoms with Crippen LogP contribution in [0.4, 0.5) is 0 Å². The molecule has 0 spiro atoms. The third-order valence-corrected chi connectivity index (χ3v) is 4.29. The van der Waals surface area contributed by atoms with Gasteiger partial charge in [0.2, 0.25) is 0 Å². The molecular formula is C10H14O. The van der Waals surface area contributed by atoms with E-state index in [0.29, 0.717) is 0 Å². The second kappa shape index (κ2) is 1.70. The molecular weight excluding hydrogens is 136 g/mol. The van der Waals surface area contributed by atoms with E-state index in [2.05, 4.69) is 0 Å². The topological polar surface area (TPSA) is 17.1 Å². The first-order chi connectivity index (χ1) is 5.32. The molecule has 0 aliphatic heterocycles. The van der Waals surface area contributed by atoms with Gasteiger partial charge in [0.25, 0.3) is 0 Å². The summed E-state index contributed by atoms with van der Waals surface area (Å²) in [5.74, 6) is 2.65. The zero-order valence-corrected chi connectivity index (χ0v) is 6.75. The molecule has 1 heteroatoms. The van der Waals surface area contributed by atoms with Crippen molar-refractivity contribution in [2.75, 3.05) is 0 Å². The quantitative estimate of drug-likeness (QED) is 0.522. The highest BCUT2D eigenvalue weighted by molar-refractivity contribution is 5.62. The summed E-state index contributed by atoms with van der Waals surface area (Å²) in [7, 11) is 0. The molecule has 0 aromatic heterocycles. The maximum Gasteiger partial charge on any atom is 0.126 e. The number of carbonyl (C=O) groups is 1. The van der Waals surface area contributed by atoms with Crippen LogP contribution in [0.5, 0.6) is 0 Å². The Morgan fingerprint density at radius 2 is 1.73 bits per heavy atom. The molecule has 4 aliphatic carbocycles. The van der Waals surface area contributed by atoms with Gasteiger partial charge < -0.3 is 4.79 Å². The Hall–Kier alpha value is -0.330. The van der Waals surface area contributed by atoms with Crippen molar-refractivity contribution in [3.05, 3.63) is 0 Å². The predicted octanol–water partition coefficient (Wildman–Crippen LogP) is 2.01. The smallest absolute Gasteiger partial charge is 0.126 e. The summed E-state index contributed by atoms with van der Waals surface area (Å²) >= 11 is 0. The maximum absolute atomic E-state index is 11.0. The highest BCUT2D eigenvalue weighted by atomic mass is 16.1. The summed E-state index contributed by atoms with van der Waals surface area (Å²) in [4.78, 5) is 11.0. The molecule has 1 nitrogen and oxygen atoms in total. The molecule has 4 rings (SSSR count). The number of hydrogen-bond acceptors (Lipinski definition) is 1. The SMILES string of the molecule is O=CC12C[C@@H]3CC1C[C@H](C3)C2. The van der Waals surface area contributed by atoms with Crippen molar-refractivity contribution in [3.63, 3.8) is 0 Å². The van der Waals surface area contributed by atoms with Gasteiger partial charge >= 0.3 is 0 Å². The number of carbonyl (C=O) groups excluding carboxylic acids is 1. The summed E-state index contributed by atoms with van der Waals surface area (Å²) in [5.41, 5.74) is 0.188. The molecule has 0 amide bonds. The zero-order chi connectivity index (χ0) is 7.47. The normalized spacial score (nSPS) is 58.7. The Bertz CT molecular complexity index is 195. The lowest BCUT2D eigenvalue weighted by Crippen LogP contribution is -2.23. The molecule has 4 fully saturated rings. The lowest BCUT2D eigenvalue weighted by atomic mass is 9.77. The third-order valence-electron chi connectivity index (χ3n) is 4.29. The van der Waals surface area contributed by atoms with E-state index < -0.39 is 0 Å². The van der Waals surface area contributed by atoms with Crippen molar-refractivity contribution in [2.24, 2.45) is 23.2 Å². The van der Waals surface area contributed by atoms with Crippen molar-refractivity contribution < 1.29 is 4.79 Å². The van der Waals surface area contributed by atoms with Gasteiger partial charge in [0.05, 0.1) is 0 Å². The molecule has 0 aromatic rings. The minimum atomic E-state index is 0.188. The molecule has 4 bridgehead atoms. The van der Waals surface area contributed by atoms with Crippen molar-refractivity contribution in [3.8, 4) is 0 Å². The first-order valence-corrected chi connectivity index (χ1v) is 4.79. The minimum Gasteiger partial charge on any atom is -0.303 e. The Kier molecular flexibility index (Phi) is 0.961. The van der Waals surface area contributed by atoms with Gasteiger partial charge in [-0.2, -0.15) is 0 Å². The van der Waals surface area contributed by atoms with Crippen LogP contribution in [-0.2, 0) is 4.79 Å². The molecule has 0 heterocycles. The molecule has 0 aromatic carbocycles. The molecule has 0 saturated heterocycles. The van der Waals surface area contributed by atoms with Gasteiger partial charge in [0.1, 0.15) is 6.29 Å². The molecule has 11 heavy (non-hydrogen) atoms. The van der Waals surface area contributed by atoms with Crippen LogP contribution in [0.2, 0.25) is 0 Å². The fraction of sp³-hybridized carbons (Fsp3) is 0.900. The van der Waals surface area contributed by atoms with Gasteiger partial charge in [-0.1, -0.05) is 0 Å². The fourth-order valence-electron chi connectivity index (χ4n) is 4.05. The minimum absolute atomic E-state index is 0.188. The second-order valence-electron chi connectivity index (χ2n) is 4.90. The highest BCUT2D eigenvalue weighted by Gasteiger charge is 2.57. The molecule has 0 N–H and O–H groups in total. The Labute approximate surface area is 67.2 Å². The van der Waals surface area contributed by atoms with Gasteiger partial charge in [0.15, 0.2) is 0 Å². The number of hydrogen-bond donors (Lipinski definition) is 0. The van der Waals surface area contributed by atoms with Crippen LogP contribution >= 0.6 is 0 Å². The standard InChI is InChI=1S/C10H14O/c11-6-10-4-7-1-8(5-10)3-9(10)2-7/h6-9H,1-5H2/t7-,8-,9?,10?/m0/s1. The van der Waals surface area contributed by atoms with Crippen LogP contribution in [0.3, 0.4) is 0 Å². The van der Waals surface area contributed by atoms with E-state index in [-0.39, 0.29) is 5.41 Å². The first kappa shape index (κ1) is 6.22. The van der Waals surface area contributed by atoms with Gasteiger partial charge in [-0.25, -0.2) is 0 Å². The monoisotopic (exact) mass is 150 g/mol. The molecule has 4 aliphatic rings. The Morgan fingerprint density at radius 1 is 1.09 bits per heavy atom. The summed E-state index contributed by atoms with van der Waals surface area (Å²) in [5, 5.41) is 0. The predicted molar refractivity (Wildman–Crippen MR) is 42.1 cm³/mol. The summed E-state index contributed by atoms with van der Waals surface area (Å²) in [6.07, 6.45) is 7.93. The molecule has 4 saturated carbocycles. The number of aldehydes is 1. The number of rotatable bonds is 1. The largest absolute Gasteiger partial charge is 0.303 e. The van der Waals surface area contributed by atoms with Gasteiger partial charge in [-0.15, -0.1) is 0 Å². The van der Waals surface area contributed by atoms with Crippen molar-refractivity contribution >= 4 is 6.29 Å². The lowest BCUT2D eigenvalue weighted by Gasteiger charge is -2.27. The van der Waals surface area contributed by atoms with Crippen molar-refractivity contribution in [1.82, 2.24) is 0 Å². The van der Waals surface area contributed by atoms with Crippen molar-refractivity contribution in [1.29, 1.82) is 0 Å². The Morgan fingerprint density at radius 3 is 2.18 bits per heavy atom. The van der Waals surface area contributed by atoms with Crippen LogP contribution in [0.15, 0.2) is 0 Å². The van der Waals surface area contributed by atoms with Gasteiger partial charge in [-0.3, -0.25) is 0 Å². The van der Waals surface area contributed by atoms with E-state index in [4.69, 9.17) is 0 Å². The molecule has 0 unspecified atom stereocenters. The van der Waals surface area contributed by atoms with E-state index in [1.165, 1.54) is 38.4 Å². The zero-order valence-electron chi connectivity index (χ0n) is 6.75. The molecule has 60 valence electrons. The van der Waals surface area contributed by atoms with E-state index in [9.17, 15) is 4.79 Å². The van der Waals surface area contributed by atoms with Gasteiger partial charge in [0, 0.05) is 5.41 Å². The summed E-state index contributed by atoms with van der Waals surface area (Å²) in [6.45, 7) is 0. The summed E-state index contributed by atoms with van der Waals surface area (Å²) < 4.78 is 0. The second-order valence-corrected chi connectivity index (χ2v) is 4.90. The van der Waals surface area contributed by atoms with Crippen molar-refractivity contribution in [2.45, 2.75) is 32.1 Å². The Balaban J connectivity index is 2.04. The van der Waals surface area contributed by atoms with E-state index in [1.807, 2.05) is 0 Å². The molecule has 2 atom stereocenters. The van der Waals surface area contributed by atoms with Crippen LogP contribution in [-0.4, -0.2) is 6.29 Å². The van der Waals surface area contributed by atoms with E-state index in [1.54, 1.807) is 0 Å². The molecule has 0 radical (unpaired) electrons. The van der Waals surface area contributed by atoms with Crippen LogP contribution < -0.4 is 0 Å². The summed E-state index contributed by atoms with van der Waals surface area (Å²) in [6, 6.07) is 0. The van der Waals surface area contributed by atoms with Crippen LogP contribution in [0.1, 0.15) is 32.1 Å².